The first-order valence-corrected chi connectivity index (χ1v) is 8.62. The third-order valence-corrected chi connectivity index (χ3v) is 6.00. The predicted molar refractivity (Wildman–Crippen MR) is 81.9 cm³/mol. The van der Waals surface area contributed by atoms with E-state index in [1.165, 1.54) is 19.3 Å². The van der Waals surface area contributed by atoms with E-state index in [0.29, 0.717) is 10.9 Å². The standard InChI is InChI=1S/C15H22ClNOS/c1-2-4-11-7-8-14(17)15(9-11)19(18)13-6-3-5-12(16)10-13/h3,5-6,10-11,14-15H,2,4,7-9,17H2,1H3. The van der Waals surface area contributed by atoms with Crippen LogP contribution >= 0.6 is 11.6 Å². The van der Waals surface area contributed by atoms with E-state index < -0.39 is 10.8 Å². The van der Waals surface area contributed by atoms with Gasteiger partial charge >= 0.3 is 0 Å². The van der Waals surface area contributed by atoms with E-state index >= 15 is 0 Å². The van der Waals surface area contributed by atoms with E-state index in [2.05, 4.69) is 6.92 Å². The van der Waals surface area contributed by atoms with Gasteiger partial charge in [0.15, 0.2) is 0 Å². The second kappa shape index (κ2) is 6.87. The maximum Gasteiger partial charge on any atom is 0.0577 e. The lowest BCUT2D eigenvalue weighted by Gasteiger charge is -2.33. The summed E-state index contributed by atoms with van der Waals surface area (Å²) < 4.78 is 12.7. The van der Waals surface area contributed by atoms with Gasteiger partial charge in [0, 0.05) is 16.0 Å². The third-order valence-electron chi connectivity index (χ3n) is 3.95. The minimum atomic E-state index is -1.04. The maximum atomic E-state index is 12.7. The number of hydrogen-bond donors (Lipinski definition) is 1. The van der Waals surface area contributed by atoms with Crippen LogP contribution in [-0.4, -0.2) is 15.5 Å². The monoisotopic (exact) mass is 299 g/mol. The molecule has 2 N–H and O–H groups in total. The highest BCUT2D eigenvalue weighted by Crippen LogP contribution is 2.32. The molecule has 4 heteroatoms. The van der Waals surface area contributed by atoms with Crippen molar-refractivity contribution < 1.29 is 4.21 Å². The van der Waals surface area contributed by atoms with Gasteiger partial charge in [-0.3, -0.25) is 4.21 Å². The molecule has 1 aliphatic carbocycles. The fraction of sp³-hybridized carbons (Fsp3) is 0.600. The van der Waals surface area contributed by atoms with Crippen LogP contribution in [0.4, 0.5) is 0 Å². The molecule has 0 amide bonds. The van der Waals surface area contributed by atoms with E-state index in [1.54, 1.807) is 6.07 Å². The summed E-state index contributed by atoms with van der Waals surface area (Å²) in [5.41, 5.74) is 6.19. The number of halogens is 1. The first-order valence-electron chi connectivity index (χ1n) is 7.03. The van der Waals surface area contributed by atoms with Gasteiger partial charge in [-0.1, -0.05) is 37.4 Å². The van der Waals surface area contributed by atoms with Gasteiger partial charge in [0.05, 0.1) is 16.0 Å². The van der Waals surface area contributed by atoms with Gasteiger partial charge in [0.2, 0.25) is 0 Å². The van der Waals surface area contributed by atoms with Gasteiger partial charge < -0.3 is 5.73 Å². The fourth-order valence-electron chi connectivity index (χ4n) is 2.92. The van der Waals surface area contributed by atoms with Crippen molar-refractivity contribution in [1.29, 1.82) is 0 Å². The SMILES string of the molecule is CCCC1CCC(N)C(S(=O)c2cccc(Cl)c2)C1. The molecule has 2 rings (SSSR count). The van der Waals surface area contributed by atoms with Crippen LogP contribution in [0.2, 0.25) is 5.02 Å². The summed E-state index contributed by atoms with van der Waals surface area (Å²) in [6.45, 7) is 2.21. The van der Waals surface area contributed by atoms with Gasteiger partial charge in [0.1, 0.15) is 0 Å². The third kappa shape index (κ3) is 3.80. The highest BCUT2D eigenvalue weighted by atomic mass is 35.5. The number of hydrogen-bond acceptors (Lipinski definition) is 2. The molecule has 1 aliphatic rings. The van der Waals surface area contributed by atoms with Gasteiger partial charge in [0.25, 0.3) is 0 Å². The average Bonchev–Trinajstić information content (AvgIpc) is 2.40. The van der Waals surface area contributed by atoms with E-state index in [-0.39, 0.29) is 11.3 Å². The Kier molecular flexibility index (Phi) is 5.43. The van der Waals surface area contributed by atoms with Crippen molar-refractivity contribution in [3.05, 3.63) is 29.3 Å². The van der Waals surface area contributed by atoms with Crippen LogP contribution in [0.1, 0.15) is 39.0 Å². The quantitative estimate of drug-likeness (QED) is 0.920. The van der Waals surface area contributed by atoms with Crippen LogP contribution in [0, 0.1) is 5.92 Å². The molecule has 4 unspecified atom stereocenters. The molecule has 0 spiro atoms. The average molecular weight is 300 g/mol. The Labute approximate surface area is 123 Å². The van der Waals surface area contributed by atoms with E-state index in [0.717, 1.165) is 17.7 Å². The van der Waals surface area contributed by atoms with Crippen LogP contribution in [0.15, 0.2) is 29.2 Å². The summed E-state index contributed by atoms with van der Waals surface area (Å²) in [7, 11) is -1.04. The highest BCUT2D eigenvalue weighted by Gasteiger charge is 2.32. The van der Waals surface area contributed by atoms with E-state index in [4.69, 9.17) is 17.3 Å². The first-order chi connectivity index (χ1) is 9.11. The van der Waals surface area contributed by atoms with Crippen molar-refractivity contribution in [1.82, 2.24) is 0 Å². The zero-order valence-electron chi connectivity index (χ0n) is 11.3. The van der Waals surface area contributed by atoms with Crippen LogP contribution in [0.3, 0.4) is 0 Å². The Balaban J connectivity index is 2.12. The zero-order chi connectivity index (χ0) is 13.8. The lowest BCUT2D eigenvalue weighted by Crippen LogP contribution is -2.43. The fourth-order valence-corrected chi connectivity index (χ4v) is 4.88. The lowest BCUT2D eigenvalue weighted by atomic mass is 9.83. The minimum absolute atomic E-state index is 0.0490. The Hall–Kier alpha value is -0.380. The van der Waals surface area contributed by atoms with E-state index in [1.807, 2.05) is 18.2 Å². The zero-order valence-corrected chi connectivity index (χ0v) is 12.9. The van der Waals surface area contributed by atoms with Crippen molar-refractivity contribution in [3.63, 3.8) is 0 Å². The highest BCUT2D eigenvalue weighted by molar-refractivity contribution is 7.85. The maximum absolute atomic E-state index is 12.7. The normalized spacial score (nSPS) is 29.1. The van der Waals surface area contributed by atoms with Crippen molar-refractivity contribution >= 4 is 22.4 Å². The van der Waals surface area contributed by atoms with E-state index in [9.17, 15) is 4.21 Å². The molecule has 0 saturated heterocycles. The smallest absolute Gasteiger partial charge is 0.0577 e. The van der Waals surface area contributed by atoms with Crippen molar-refractivity contribution in [2.24, 2.45) is 11.7 Å². The molecule has 0 aliphatic heterocycles. The molecule has 2 nitrogen and oxygen atoms in total. The van der Waals surface area contributed by atoms with Crippen LogP contribution in [0.5, 0.6) is 0 Å². The molecule has 0 heterocycles. The number of nitrogens with two attached hydrogens (primary N) is 1. The van der Waals surface area contributed by atoms with Gasteiger partial charge in [-0.2, -0.15) is 0 Å². The van der Waals surface area contributed by atoms with Crippen LogP contribution in [0.25, 0.3) is 0 Å². The summed E-state index contributed by atoms with van der Waals surface area (Å²) in [4.78, 5) is 0.810. The Morgan fingerprint density at radius 1 is 1.42 bits per heavy atom. The lowest BCUT2D eigenvalue weighted by molar-refractivity contribution is 0.313. The van der Waals surface area contributed by atoms with Gasteiger partial charge in [-0.15, -0.1) is 0 Å². The molecular weight excluding hydrogens is 278 g/mol. The molecule has 0 bridgehead atoms. The predicted octanol–water partition coefficient (Wildman–Crippen LogP) is 3.74. The Morgan fingerprint density at radius 3 is 2.89 bits per heavy atom. The molecule has 106 valence electrons. The molecular formula is C15H22ClNOS. The summed E-state index contributed by atoms with van der Waals surface area (Å²) in [5, 5.41) is 0.712. The second-order valence-electron chi connectivity index (χ2n) is 5.42. The summed E-state index contributed by atoms with van der Waals surface area (Å²) in [5.74, 6) is 0.679. The molecule has 1 aromatic rings. The molecule has 19 heavy (non-hydrogen) atoms. The minimum Gasteiger partial charge on any atom is -0.327 e. The summed E-state index contributed by atoms with van der Waals surface area (Å²) in [6.07, 6.45) is 5.56. The topological polar surface area (TPSA) is 43.1 Å². The Bertz CT molecular complexity index is 452. The number of benzene rings is 1. The van der Waals surface area contributed by atoms with Crippen molar-refractivity contribution in [3.8, 4) is 0 Å². The van der Waals surface area contributed by atoms with Gasteiger partial charge in [-0.25, -0.2) is 0 Å². The van der Waals surface area contributed by atoms with Crippen LogP contribution < -0.4 is 5.73 Å². The number of rotatable bonds is 4. The molecule has 1 saturated carbocycles. The molecule has 0 aromatic heterocycles. The molecule has 0 radical (unpaired) electrons. The van der Waals surface area contributed by atoms with Gasteiger partial charge in [-0.05, 0) is 43.4 Å². The van der Waals surface area contributed by atoms with Crippen molar-refractivity contribution in [2.75, 3.05) is 0 Å². The Morgan fingerprint density at radius 2 is 2.21 bits per heavy atom. The molecule has 1 fully saturated rings. The first kappa shape index (κ1) is 15.0. The molecule has 1 aromatic carbocycles. The van der Waals surface area contributed by atoms with Crippen molar-refractivity contribution in [2.45, 2.75) is 55.2 Å². The summed E-state index contributed by atoms with van der Waals surface area (Å²) in [6, 6.07) is 7.40. The molecule has 4 atom stereocenters. The van der Waals surface area contributed by atoms with Crippen LogP contribution in [-0.2, 0) is 10.8 Å². The largest absolute Gasteiger partial charge is 0.327 e. The second-order valence-corrected chi connectivity index (χ2v) is 7.53. The summed E-state index contributed by atoms with van der Waals surface area (Å²) >= 11 is 5.98.